The van der Waals surface area contributed by atoms with Gasteiger partial charge < -0.3 is 10.2 Å². The molecule has 0 radical (unpaired) electrons. The summed E-state index contributed by atoms with van der Waals surface area (Å²) in [6, 6.07) is 6.44. The molecule has 0 atom stereocenters. The van der Waals surface area contributed by atoms with Gasteiger partial charge in [0.1, 0.15) is 11.4 Å². The number of hydrogen-bond acceptors (Lipinski definition) is 5. The number of carbonyl (C=O) groups is 1. The van der Waals surface area contributed by atoms with E-state index in [1.165, 1.54) is 28.8 Å². The van der Waals surface area contributed by atoms with E-state index < -0.39 is 28.7 Å². The van der Waals surface area contributed by atoms with Crippen LogP contribution in [0.15, 0.2) is 35.1 Å². The molecule has 11 heteroatoms. The zero-order valence-electron chi connectivity index (χ0n) is 15.5. The lowest BCUT2D eigenvalue weighted by molar-refractivity contribution is -0.136. The maximum atomic E-state index is 13.7. The van der Waals surface area contributed by atoms with Crippen LogP contribution in [0.3, 0.4) is 0 Å². The summed E-state index contributed by atoms with van der Waals surface area (Å²) in [6.45, 7) is 1.08. The fraction of sp³-hybridized carbons (Fsp3) is 0.263. The van der Waals surface area contributed by atoms with Gasteiger partial charge in [-0.2, -0.15) is 13.2 Å². The summed E-state index contributed by atoms with van der Waals surface area (Å²) in [6.07, 6.45) is -3.20. The number of nitrogens with one attached hydrogen (secondary N) is 1. The van der Waals surface area contributed by atoms with Crippen LogP contribution in [0.25, 0.3) is 22.3 Å². The summed E-state index contributed by atoms with van der Waals surface area (Å²) in [4.78, 5) is 27.9. The van der Waals surface area contributed by atoms with Crippen molar-refractivity contribution in [2.75, 3.05) is 0 Å². The third-order valence-corrected chi connectivity index (χ3v) is 4.57. The van der Waals surface area contributed by atoms with Crippen LogP contribution in [-0.4, -0.2) is 30.7 Å². The third-order valence-electron chi connectivity index (χ3n) is 4.28. The number of H-pyrrole nitrogens is 1. The highest BCUT2D eigenvalue weighted by Crippen LogP contribution is 2.40. The highest BCUT2D eigenvalue weighted by atomic mass is 32.1. The lowest BCUT2D eigenvalue weighted by Gasteiger charge is -2.15. The molecular formula is C19H16F3N3O4S. The maximum absolute atomic E-state index is 13.7. The van der Waals surface area contributed by atoms with Gasteiger partial charge in [0.05, 0.1) is 16.6 Å². The molecule has 158 valence electrons. The Balaban J connectivity index is 0.000000589. The van der Waals surface area contributed by atoms with Gasteiger partial charge in [-0.05, 0) is 55.4 Å². The molecule has 0 unspecified atom stereocenters. The van der Waals surface area contributed by atoms with Gasteiger partial charge in [-0.15, -0.1) is 0 Å². The Labute approximate surface area is 172 Å². The molecule has 1 aliphatic rings. The van der Waals surface area contributed by atoms with E-state index in [-0.39, 0.29) is 27.9 Å². The van der Waals surface area contributed by atoms with Gasteiger partial charge in [-0.25, -0.2) is 4.98 Å². The molecule has 3 aromatic rings. The molecule has 2 heterocycles. The van der Waals surface area contributed by atoms with E-state index in [0.717, 1.165) is 25.8 Å². The highest BCUT2D eigenvalue weighted by Gasteiger charge is 2.37. The predicted octanol–water partition coefficient (Wildman–Crippen LogP) is 4.27. The Morgan fingerprint density at radius 3 is 2.33 bits per heavy atom. The molecular weight excluding hydrogens is 423 g/mol. The highest BCUT2D eigenvalue weighted by molar-refractivity contribution is 7.71. The minimum absolute atomic E-state index is 0.0112. The van der Waals surface area contributed by atoms with Crippen LogP contribution in [-0.2, 0) is 11.0 Å². The molecule has 2 aromatic heterocycles. The first-order valence-corrected chi connectivity index (χ1v) is 9.15. The first kappa shape index (κ1) is 21.5. The molecule has 3 N–H and O–H groups in total. The van der Waals surface area contributed by atoms with Crippen molar-refractivity contribution in [3.8, 4) is 17.0 Å². The number of halogens is 3. The summed E-state index contributed by atoms with van der Waals surface area (Å²) in [5.41, 5.74) is -1.59. The Morgan fingerprint density at radius 1 is 1.27 bits per heavy atom. The third kappa shape index (κ3) is 4.51. The second kappa shape index (κ2) is 7.90. The summed E-state index contributed by atoms with van der Waals surface area (Å²) in [5.74, 6) is -0.845. The molecule has 1 aliphatic carbocycles. The van der Waals surface area contributed by atoms with Gasteiger partial charge >= 0.3 is 6.18 Å². The van der Waals surface area contributed by atoms with Crippen molar-refractivity contribution in [2.45, 2.75) is 32.0 Å². The molecule has 0 spiro atoms. The SMILES string of the molecule is CC(=O)O.O=c1[nH]c(=S)n(C2CC2)c2nc(-c3ccc(O)cc3)cc(C(F)(F)F)c12. The number of phenolic OH excluding ortho intramolecular Hbond substituents is 1. The predicted molar refractivity (Wildman–Crippen MR) is 105 cm³/mol. The van der Waals surface area contributed by atoms with E-state index in [9.17, 15) is 23.1 Å². The average molecular weight is 439 g/mol. The molecule has 7 nitrogen and oxygen atoms in total. The van der Waals surface area contributed by atoms with Crippen molar-refractivity contribution in [3.63, 3.8) is 0 Å². The molecule has 30 heavy (non-hydrogen) atoms. The van der Waals surface area contributed by atoms with Gasteiger partial charge in [0.25, 0.3) is 11.5 Å². The van der Waals surface area contributed by atoms with Crippen molar-refractivity contribution in [3.05, 3.63) is 51.0 Å². The summed E-state index contributed by atoms with van der Waals surface area (Å²) < 4.78 is 42.5. The quantitative estimate of drug-likeness (QED) is 0.515. The van der Waals surface area contributed by atoms with Crippen molar-refractivity contribution >= 4 is 29.2 Å². The van der Waals surface area contributed by atoms with E-state index in [1.807, 2.05) is 0 Å². The van der Waals surface area contributed by atoms with Crippen molar-refractivity contribution in [1.82, 2.24) is 14.5 Å². The molecule has 0 bridgehead atoms. The van der Waals surface area contributed by atoms with Crippen LogP contribution in [0.4, 0.5) is 13.2 Å². The first-order valence-electron chi connectivity index (χ1n) is 8.74. The zero-order chi connectivity index (χ0) is 22.2. The number of benzene rings is 1. The Bertz CT molecular complexity index is 1230. The molecule has 0 amide bonds. The van der Waals surface area contributed by atoms with Crippen LogP contribution in [0.2, 0.25) is 0 Å². The fourth-order valence-electron chi connectivity index (χ4n) is 2.92. The number of fused-ring (bicyclic) bond motifs is 1. The number of carboxylic acid groups (broad SMARTS) is 1. The Hall–Kier alpha value is -3.21. The smallest absolute Gasteiger partial charge is 0.417 e. The molecule has 4 rings (SSSR count). The summed E-state index contributed by atoms with van der Waals surface area (Å²) in [7, 11) is 0. The second-order valence-corrected chi connectivity index (χ2v) is 7.06. The number of alkyl halides is 3. The van der Waals surface area contributed by atoms with Crippen LogP contribution < -0.4 is 5.56 Å². The van der Waals surface area contributed by atoms with Crippen molar-refractivity contribution in [1.29, 1.82) is 0 Å². The number of nitrogens with zero attached hydrogens (tertiary/aromatic N) is 2. The first-order chi connectivity index (χ1) is 14.0. The summed E-state index contributed by atoms with van der Waals surface area (Å²) >= 11 is 5.15. The van der Waals surface area contributed by atoms with E-state index in [0.29, 0.717) is 5.56 Å². The van der Waals surface area contributed by atoms with E-state index >= 15 is 0 Å². The largest absolute Gasteiger partial charge is 0.508 e. The average Bonchev–Trinajstić information content (AvgIpc) is 3.45. The number of aromatic hydroxyl groups is 1. The number of aromatic nitrogens is 3. The van der Waals surface area contributed by atoms with Gasteiger partial charge in [-0.3, -0.25) is 19.1 Å². The van der Waals surface area contributed by atoms with Crippen LogP contribution in [0.5, 0.6) is 5.75 Å². The van der Waals surface area contributed by atoms with Crippen LogP contribution in [0, 0.1) is 4.77 Å². The van der Waals surface area contributed by atoms with Gasteiger partial charge in [-0.1, -0.05) is 0 Å². The molecule has 0 aliphatic heterocycles. The number of pyridine rings is 1. The van der Waals surface area contributed by atoms with E-state index in [1.54, 1.807) is 0 Å². The van der Waals surface area contributed by atoms with E-state index in [4.69, 9.17) is 22.1 Å². The number of phenols is 1. The summed E-state index contributed by atoms with van der Waals surface area (Å²) in [5, 5.41) is 16.3. The fourth-order valence-corrected chi connectivity index (χ4v) is 3.25. The monoisotopic (exact) mass is 439 g/mol. The normalized spacial score (nSPS) is 13.6. The van der Waals surface area contributed by atoms with Crippen molar-refractivity contribution < 1.29 is 28.2 Å². The van der Waals surface area contributed by atoms with Gasteiger partial charge in [0, 0.05) is 18.5 Å². The maximum Gasteiger partial charge on any atom is 0.417 e. The standard InChI is InChI=1S/C17H12F3N3O2S.C2H4O2/c18-17(19,20)11-7-12(8-1-5-10(24)6-2-8)21-14-13(11)15(25)22-16(26)23(14)9-3-4-9;1-2(3)4/h1-2,5-7,9,24H,3-4H2,(H,22,25,26);1H3,(H,3,4). The number of carboxylic acids is 1. The number of hydrogen-bond donors (Lipinski definition) is 3. The second-order valence-electron chi connectivity index (χ2n) is 6.68. The lowest BCUT2D eigenvalue weighted by Crippen LogP contribution is -2.20. The number of aliphatic carboxylic acids is 1. The molecule has 0 saturated heterocycles. The molecule has 1 saturated carbocycles. The topological polar surface area (TPSA) is 108 Å². The van der Waals surface area contributed by atoms with E-state index in [2.05, 4.69) is 9.97 Å². The lowest BCUT2D eigenvalue weighted by atomic mass is 10.1. The van der Waals surface area contributed by atoms with Gasteiger partial charge in [0.15, 0.2) is 4.77 Å². The van der Waals surface area contributed by atoms with Crippen LogP contribution in [0.1, 0.15) is 31.4 Å². The minimum atomic E-state index is -4.73. The number of rotatable bonds is 2. The van der Waals surface area contributed by atoms with Gasteiger partial charge in [0.2, 0.25) is 0 Å². The van der Waals surface area contributed by atoms with Crippen LogP contribution >= 0.6 is 12.2 Å². The van der Waals surface area contributed by atoms with Crippen molar-refractivity contribution in [2.24, 2.45) is 0 Å². The molecule has 1 aromatic carbocycles. The Kier molecular flexibility index (Phi) is 5.66. The zero-order valence-corrected chi connectivity index (χ0v) is 16.3. The molecule has 1 fully saturated rings. The minimum Gasteiger partial charge on any atom is -0.508 e. The number of aromatic amines is 1. The Morgan fingerprint density at radius 2 is 1.83 bits per heavy atom.